The van der Waals surface area contributed by atoms with Gasteiger partial charge in [-0.1, -0.05) is 27.2 Å². The maximum Gasteiger partial charge on any atom is 0.506 e. The second kappa shape index (κ2) is 4.20. The number of hydrogen-bond acceptors (Lipinski definition) is 2. The summed E-state index contributed by atoms with van der Waals surface area (Å²) in [7, 11) is 0. The van der Waals surface area contributed by atoms with Crippen LogP contribution in [0.1, 0.15) is 46.5 Å². The highest BCUT2D eigenvalue weighted by Crippen LogP contribution is 2.39. The molecule has 1 aliphatic rings. The van der Waals surface area contributed by atoms with Gasteiger partial charge in [0, 0.05) is 5.92 Å². The highest BCUT2D eigenvalue weighted by atomic mass is 16.7. The molecule has 0 heterocycles. The van der Waals surface area contributed by atoms with E-state index in [0.717, 1.165) is 19.3 Å². The lowest BCUT2D eigenvalue weighted by Crippen LogP contribution is -2.37. The molecule has 0 aromatic heterocycles. The van der Waals surface area contributed by atoms with Crippen LogP contribution < -0.4 is 0 Å². The smallest absolute Gasteiger partial charge is 0.450 e. The normalized spacial score (nSPS) is 28.5. The largest absolute Gasteiger partial charge is 0.506 e. The quantitative estimate of drug-likeness (QED) is 0.661. The Balaban J connectivity index is 2.64. The van der Waals surface area contributed by atoms with Crippen molar-refractivity contribution in [3.8, 4) is 0 Å². The molecule has 2 unspecified atom stereocenters. The lowest BCUT2D eigenvalue weighted by atomic mass is 9.71. The van der Waals surface area contributed by atoms with E-state index in [1.165, 1.54) is 6.42 Å². The molecular weight excluding hydrogens is 180 g/mol. The van der Waals surface area contributed by atoms with E-state index >= 15 is 0 Å². The van der Waals surface area contributed by atoms with Gasteiger partial charge in [-0.25, -0.2) is 4.79 Å². The van der Waals surface area contributed by atoms with Gasteiger partial charge in [-0.05, 0) is 24.7 Å². The second-order valence-corrected chi connectivity index (χ2v) is 5.18. The Morgan fingerprint density at radius 2 is 1.86 bits per heavy atom. The summed E-state index contributed by atoms with van der Waals surface area (Å²) >= 11 is 0. The van der Waals surface area contributed by atoms with Gasteiger partial charge < -0.3 is 9.84 Å². The Labute approximate surface area is 85.5 Å². The molecule has 0 aliphatic heterocycles. The van der Waals surface area contributed by atoms with Crippen molar-refractivity contribution < 1.29 is 14.6 Å². The summed E-state index contributed by atoms with van der Waals surface area (Å²) in [6.45, 7) is 6.46. The zero-order valence-corrected chi connectivity index (χ0v) is 9.25. The van der Waals surface area contributed by atoms with E-state index < -0.39 is 6.16 Å². The van der Waals surface area contributed by atoms with Gasteiger partial charge in [0.25, 0.3) is 0 Å². The number of ether oxygens (including phenoxy) is 1. The first kappa shape index (κ1) is 11.3. The van der Waals surface area contributed by atoms with Crippen molar-refractivity contribution in [2.24, 2.45) is 11.3 Å². The molecule has 1 rings (SSSR count). The van der Waals surface area contributed by atoms with Crippen molar-refractivity contribution in [3.63, 3.8) is 0 Å². The van der Waals surface area contributed by atoms with Crippen molar-refractivity contribution >= 4 is 6.16 Å². The summed E-state index contributed by atoms with van der Waals surface area (Å²) in [6.07, 6.45) is 3.02. The first-order valence-electron chi connectivity index (χ1n) is 5.31. The van der Waals surface area contributed by atoms with Crippen LogP contribution in [0.25, 0.3) is 0 Å². The van der Waals surface area contributed by atoms with Crippen LogP contribution in [0.2, 0.25) is 0 Å². The van der Waals surface area contributed by atoms with Crippen molar-refractivity contribution in [1.82, 2.24) is 0 Å². The van der Waals surface area contributed by atoms with Gasteiger partial charge in [-0.15, -0.1) is 0 Å². The first-order valence-corrected chi connectivity index (χ1v) is 5.31. The first-order chi connectivity index (χ1) is 6.41. The van der Waals surface area contributed by atoms with Gasteiger partial charge >= 0.3 is 6.16 Å². The minimum absolute atomic E-state index is 0.0961. The number of carbonyl (C=O) groups is 1. The average Bonchev–Trinajstić information content (AvgIpc) is 2.01. The fourth-order valence-corrected chi connectivity index (χ4v) is 2.36. The molecule has 14 heavy (non-hydrogen) atoms. The van der Waals surface area contributed by atoms with E-state index in [2.05, 4.69) is 20.8 Å². The average molecular weight is 200 g/mol. The van der Waals surface area contributed by atoms with Gasteiger partial charge in [-0.2, -0.15) is 0 Å². The summed E-state index contributed by atoms with van der Waals surface area (Å²) in [5, 5.41) is 8.63. The van der Waals surface area contributed by atoms with Crippen LogP contribution in [0.15, 0.2) is 0 Å². The van der Waals surface area contributed by atoms with E-state index in [-0.39, 0.29) is 11.5 Å². The Hall–Kier alpha value is -0.730. The summed E-state index contributed by atoms with van der Waals surface area (Å²) in [5.74, 6) is 0.368. The monoisotopic (exact) mass is 200 g/mol. The highest BCUT2D eigenvalue weighted by molar-refractivity contribution is 5.57. The molecule has 2 atom stereocenters. The van der Waals surface area contributed by atoms with Gasteiger partial charge in [0.05, 0.1) is 0 Å². The molecule has 1 saturated carbocycles. The molecule has 0 saturated heterocycles. The van der Waals surface area contributed by atoms with Crippen LogP contribution in [-0.2, 0) is 4.74 Å². The SMILES string of the molecule is CC(C)(C)C1CCCCC1OC(=O)O. The van der Waals surface area contributed by atoms with Crippen LogP contribution in [0.5, 0.6) is 0 Å². The zero-order chi connectivity index (χ0) is 10.8. The Morgan fingerprint density at radius 1 is 1.29 bits per heavy atom. The minimum Gasteiger partial charge on any atom is -0.450 e. The fourth-order valence-electron chi connectivity index (χ4n) is 2.36. The van der Waals surface area contributed by atoms with E-state index in [9.17, 15) is 4.79 Å². The van der Waals surface area contributed by atoms with Gasteiger partial charge in [0.1, 0.15) is 6.10 Å². The summed E-state index contributed by atoms with van der Waals surface area (Å²) in [6, 6.07) is 0. The molecule has 1 N–H and O–H groups in total. The van der Waals surface area contributed by atoms with Crippen LogP contribution in [0.3, 0.4) is 0 Å². The van der Waals surface area contributed by atoms with Crippen molar-refractivity contribution in [1.29, 1.82) is 0 Å². The highest BCUT2D eigenvalue weighted by Gasteiger charge is 2.36. The predicted molar refractivity (Wildman–Crippen MR) is 54.3 cm³/mol. The molecule has 0 spiro atoms. The van der Waals surface area contributed by atoms with E-state index in [1.54, 1.807) is 0 Å². The van der Waals surface area contributed by atoms with E-state index in [4.69, 9.17) is 9.84 Å². The molecule has 82 valence electrons. The van der Waals surface area contributed by atoms with Crippen molar-refractivity contribution in [3.05, 3.63) is 0 Å². The Bertz CT molecular complexity index is 205. The molecule has 0 aromatic carbocycles. The molecule has 0 aromatic rings. The molecule has 3 nitrogen and oxygen atoms in total. The molecular formula is C11H20O3. The van der Waals surface area contributed by atoms with E-state index in [1.807, 2.05) is 0 Å². The topological polar surface area (TPSA) is 46.5 Å². The van der Waals surface area contributed by atoms with E-state index in [0.29, 0.717) is 5.92 Å². The standard InChI is InChI=1S/C11H20O3/c1-11(2,3)8-6-4-5-7-9(8)14-10(12)13/h8-9H,4-7H2,1-3H3,(H,12,13). The lowest BCUT2D eigenvalue weighted by Gasteiger charge is -2.39. The van der Waals surface area contributed by atoms with Gasteiger partial charge in [-0.3, -0.25) is 0 Å². The zero-order valence-electron chi connectivity index (χ0n) is 9.25. The van der Waals surface area contributed by atoms with Crippen molar-refractivity contribution in [2.45, 2.75) is 52.6 Å². The van der Waals surface area contributed by atoms with Gasteiger partial charge in [0.15, 0.2) is 0 Å². The van der Waals surface area contributed by atoms with Crippen LogP contribution >= 0.6 is 0 Å². The maximum atomic E-state index is 10.5. The Morgan fingerprint density at radius 3 is 2.36 bits per heavy atom. The third kappa shape index (κ3) is 2.89. The molecule has 3 heteroatoms. The minimum atomic E-state index is -1.13. The van der Waals surface area contributed by atoms with Gasteiger partial charge in [0.2, 0.25) is 0 Å². The summed E-state index contributed by atoms with van der Waals surface area (Å²) in [5.41, 5.74) is 0.139. The van der Waals surface area contributed by atoms with Crippen molar-refractivity contribution in [2.75, 3.05) is 0 Å². The molecule has 1 fully saturated rings. The van der Waals surface area contributed by atoms with Crippen LogP contribution in [0.4, 0.5) is 4.79 Å². The number of carboxylic acid groups (broad SMARTS) is 1. The van der Waals surface area contributed by atoms with Crippen LogP contribution in [-0.4, -0.2) is 17.4 Å². The fraction of sp³-hybridized carbons (Fsp3) is 0.909. The molecule has 0 bridgehead atoms. The summed E-state index contributed by atoms with van der Waals surface area (Å²) < 4.78 is 4.95. The predicted octanol–water partition coefficient (Wildman–Crippen LogP) is 3.29. The summed E-state index contributed by atoms with van der Waals surface area (Å²) in [4.78, 5) is 10.5. The lowest BCUT2D eigenvalue weighted by molar-refractivity contribution is -0.0266. The maximum absolute atomic E-state index is 10.5. The Kier molecular flexibility index (Phi) is 3.40. The molecule has 0 radical (unpaired) electrons. The number of rotatable bonds is 1. The number of hydrogen-bond donors (Lipinski definition) is 1. The van der Waals surface area contributed by atoms with Crippen LogP contribution in [0, 0.1) is 11.3 Å². The molecule has 1 aliphatic carbocycles. The third-order valence-corrected chi connectivity index (χ3v) is 3.07. The third-order valence-electron chi connectivity index (χ3n) is 3.07. The molecule has 0 amide bonds. The second-order valence-electron chi connectivity index (χ2n) is 5.18.